The van der Waals surface area contributed by atoms with Gasteiger partial charge in [0, 0.05) is 22.5 Å². The zero-order valence-corrected chi connectivity index (χ0v) is 21.5. The molecule has 5 nitrogen and oxygen atoms in total. The minimum absolute atomic E-state index is 0.572. The summed E-state index contributed by atoms with van der Waals surface area (Å²) in [7, 11) is 0. The summed E-state index contributed by atoms with van der Waals surface area (Å²) in [5.41, 5.74) is 6.22. The molecule has 2 aromatic heterocycles. The van der Waals surface area contributed by atoms with Gasteiger partial charge in [-0.2, -0.15) is 5.10 Å². The molecule has 0 spiro atoms. The highest BCUT2D eigenvalue weighted by atomic mass is 32.2. The molecule has 0 amide bonds. The monoisotopic (exact) mass is 517 g/mol. The Morgan fingerprint density at radius 3 is 1.76 bits per heavy atom. The molecule has 37 heavy (non-hydrogen) atoms. The van der Waals surface area contributed by atoms with E-state index in [4.69, 9.17) is 17.2 Å². The van der Waals surface area contributed by atoms with Crippen LogP contribution in [0.5, 0.6) is 0 Å². The van der Waals surface area contributed by atoms with Crippen LogP contribution in [0.15, 0.2) is 126 Å². The van der Waals surface area contributed by atoms with E-state index in [0.717, 1.165) is 44.9 Å². The number of aromatic nitrogens is 5. The van der Waals surface area contributed by atoms with Gasteiger partial charge in [0.15, 0.2) is 9.93 Å². The van der Waals surface area contributed by atoms with E-state index in [-0.39, 0.29) is 0 Å². The number of nitrogens with zero attached hydrogens (tertiary/aromatic N) is 4. The lowest BCUT2D eigenvalue weighted by atomic mass is 10.0. The second kappa shape index (κ2) is 10.4. The molecule has 6 aromatic rings. The summed E-state index contributed by atoms with van der Waals surface area (Å²) < 4.78 is 4.80. The summed E-state index contributed by atoms with van der Waals surface area (Å²) in [5.74, 6) is 1.43. The fraction of sp³-hybridized carbons (Fsp3) is 0.0333. The molecule has 0 fully saturated rings. The fourth-order valence-electron chi connectivity index (χ4n) is 4.37. The van der Waals surface area contributed by atoms with Crippen molar-refractivity contribution in [2.75, 3.05) is 0 Å². The van der Waals surface area contributed by atoms with E-state index in [1.807, 2.05) is 53.1 Å². The van der Waals surface area contributed by atoms with E-state index < -0.39 is 0 Å². The predicted octanol–water partition coefficient (Wildman–Crippen LogP) is 7.74. The summed E-state index contributed by atoms with van der Waals surface area (Å²) in [4.78, 5) is 5.21. The first-order valence-corrected chi connectivity index (χ1v) is 13.3. The van der Waals surface area contributed by atoms with Gasteiger partial charge in [-0.1, -0.05) is 109 Å². The largest absolute Gasteiger partial charge is 0.287 e. The van der Waals surface area contributed by atoms with E-state index in [1.54, 1.807) is 11.8 Å². The number of aromatic amines is 1. The quantitative estimate of drug-likeness (QED) is 0.174. The molecule has 0 unspecified atom stereocenters. The Labute approximate surface area is 224 Å². The van der Waals surface area contributed by atoms with Crippen molar-refractivity contribution in [3.63, 3.8) is 0 Å². The van der Waals surface area contributed by atoms with Crippen molar-refractivity contribution in [1.82, 2.24) is 24.3 Å². The van der Waals surface area contributed by atoms with Gasteiger partial charge >= 0.3 is 0 Å². The normalized spacial score (nSPS) is 11.0. The summed E-state index contributed by atoms with van der Waals surface area (Å²) in [6, 6.07) is 41.2. The molecule has 0 saturated carbocycles. The maximum atomic E-state index is 5.56. The topological polar surface area (TPSA) is 51.4 Å². The molecular formula is C30H23N5S2. The molecule has 0 bridgehead atoms. The Hall–Kier alpha value is -4.20. The third-order valence-corrected chi connectivity index (χ3v) is 7.25. The summed E-state index contributed by atoms with van der Waals surface area (Å²) >= 11 is 7.20. The van der Waals surface area contributed by atoms with Crippen LogP contribution in [0.25, 0.3) is 33.9 Å². The van der Waals surface area contributed by atoms with Crippen LogP contribution in [0, 0.1) is 4.77 Å². The third-order valence-electron chi connectivity index (χ3n) is 6.04. The number of rotatable bonds is 7. The Kier molecular flexibility index (Phi) is 6.54. The fourth-order valence-corrected chi connectivity index (χ4v) is 5.56. The van der Waals surface area contributed by atoms with Gasteiger partial charge in [0.2, 0.25) is 0 Å². The van der Waals surface area contributed by atoms with Crippen LogP contribution in [0.4, 0.5) is 0 Å². The number of nitrogens with one attached hydrogen (secondary N) is 1. The molecule has 0 aliphatic carbocycles. The number of para-hydroxylation sites is 2. The van der Waals surface area contributed by atoms with Crippen LogP contribution in [-0.4, -0.2) is 24.3 Å². The smallest absolute Gasteiger partial charge is 0.199 e. The van der Waals surface area contributed by atoms with Crippen molar-refractivity contribution in [2.24, 2.45) is 0 Å². The second-order valence-corrected chi connectivity index (χ2v) is 9.73. The number of benzene rings is 4. The average molecular weight is 518 g/mol. The average Bonchev–Trinajstić information content (AvgIpc) is 3.54. The Balaban J connectivity index is 1.50. The summed E-state index contributed by atoms with van der Waals surface area (Å²) in [6.45, 7) is 0. The Morgan fingerprint density at radius 1 is 0.649 bits per heavy atom. The number of imidazole rings is 1. The lowest BCUT2D eigenvalue weighted by Crippen LogP contribution is -2.02. The van der Waals surface area contributed by atoms with Crippen LogP contribution in [-0.2, 0) is 5.75 Å². The van der Waals surface area contributed by atoms with Crippen molar-refractivity contribution < 1.29 is 0 Å². The number of hydrogen-bond acceptors (Lipinski definition) is 4. The standard InChI is InChI=1S/C30H23N5S2/c36-29-33-32-26(34(29)24-17-9-3-10-18-24)21-37-30-31-27(22-13-5-1-6-14-22)28(23-15-7-2-8-16-23)35(30)25-19-11-4-12-20-25/h1-20H,21H2,(H,33,36). The summed E-state index contributed by atoms with van der Waals surface area (Å²) in [5, 5.41) is 8.39. The summed E-state index contributed by atoms with van der Waals surface area (Å²) in [6.07, 6.45) is 0. The number of thioether (sulfide) groups is 1. The molecule has 180 valence electrons. The maximum absolute atomic E-state index is 5.56. The number of H-pyrrole nitrogens is 1. The zero-order valence-electron chi connectivity index (χ0n) is 19.9. The first-order valence-electron chi connectivity index (χ1n) is 11.9. The lowest BCUT2D eigenvalue weighted by molar-refractivity contribution is 0.892. The molecular weight excluding hydrogens is 494 g/mol. The molecule has 6 rings (SSSR count). The van der Waals surface area contributed by atoms with Crippen molar-refractivity contribution in [2.45, 2.75) is 10.9 Å². The molecule has 0 aliphatic rings. The van der Waals surface area contributed by atoms with Gasteiger partial charge < -0.3 is 0 Å². The van der Waals surface area contributed by atoms with E-state index >= 15 is 0 Å². The van der Waals surface area contributed by atoms with Crippen LogP contribution >= 0.6 is 24.0 Å². The lowest BCUT2D eigenvalue weighted by Gasteiger charge is -2.13. The maximum Gasteiger partial charge on any atom is 0.199 e. The highest BCUT2D eigenvalue weighted by Gasteiger charge is 2.22. The molecule has 4 aromatic carbocycles. The molecule has 0 aliphatic heterocycles. The van der Waals surface area contributed by atoms with Gasteiger partial charge in [0.25, 0.3) is 0 Å². The molecule has 0 saturated heterocycles. The van der Waals surface area contributed by atoms with Crippen LogP contribution in [0.1, 0.15) is 5.82 Å². The molecule has 0 atom stereocenters. The van der Waals surface area contributed by atoms with Gasteiger partial charge in [0.1, 0.15) is 5.82 Å². The SMILES string of the molecule is S=c1[nH]nc(CSc2nc(-c3ccccc3)c(-c3ccccc3)n2-c2ccccc2)n1-c1ccccc1. The predicted molar refractivity (Wildman–Crippen MR) is 153 cm³/mol. The van der Waals surface area contributed by atoms with Crippen molar-refractivity contribution in [3.8, 4) is 33.9 Å². The Morgan fingerprint density at radius 2 is 1.16 bits per heavy atom. The van der Waals surface area contributed by atoms with Crippen molar-refractivity contribution in [3.05, 3.63) is 132 Å². The van der Waals surface area contributed by atoms with Crippen LogP contribution in [0.2, 0.25) is 0 Å². The first-order chi connectivity index (χ1) is 18.3. The minimum Gasteiger partial charge on any atom is -0.287 e. The molecule has 1 N–H and O–H groups in total. The van der Waals surface area contributed by atoms with E-state index in [2.05, 4.69) is 87.6 Å². The van der Waals surface area contributed by atoms with Crippen LogP contribution < -0.4 is 0 Å². The van der Waals surface area contributed by atoms with Gasteiger partial charge in [-0.25, -0.2) is 4.98 Å². The number of hydrogen-bond donors (Lipinski definition) is 1. The second-order valence-electron chi connectivity index (χ2n) is 8.40. The third kappa shape index (κ3) is 4.67. The molecule has 0 radical (unpaired) electrons. The Bertz CT molecular complexity index is 1670. The van der Waals surface area contributed by atoms with Crippen molar-refractivity contribution >= 4 is 24.0 Å². The first kappa shape index (κ1) is 23.2. The van der Waals surface area contributed by atoms with Gasteiger partial charge in [0.05, 0.1) is 17.1 Å². The van der Waals surface area contributed by atoms with Gasteiger partial charge in [-0.3, -0.25) is 14.2 Å². The molecule has 2 heterocycles. The van der Waals surface area contributed by atoms with Crippen LogP contribution in [0.3, 0.4) is 0 Å². The van der Waals surface area contributed by atoms with Gasteiger partial charge in [-0.15, -0.1) is 0 Å². The van der Waals surface area contributed by atoms with E-state index in [1.165, 1.54) is 0 Å². The highest BCUT2D eigenvalue weighted by Crippen LogP contribution is 2.38. The highest BCUT2D eigenvalue weighted by molar-refractivity contribution is 7.98. The molecule has 7 heteroatoms. The van der Waals surface area contributed by atoms with Crippen molar-refractivity contribution in [1.29, 1.82) is 0 Å². The van der Waals surface area contributed by atoms with Gasteiger partial charge in [-0.05, 0) is 36.5 Å². The van der Waals surface area contributed by atoms with E-state index in [9.17, 15) is 0 Å². The van der Waals surface area contributed by atoms with E-state index in [0.29, 0.717) is 10.5 Å². The zero-order chi connectivity index (χ0) is 25.0. The minimum atomic E-state index is 0.572.